The summed E-state index contributed by atoms with van der Waals surface area (Å²) in [5, 5.41) is 11.8. The molecule has 0 atom stereocenters. The molecule has 5 nitrogen and oxygen atoms in total. The lowest BCUT2D eigenvalue weighted by Crippen LogP contribution is -2.20. The highest BCUT2D eigenvalue weighted by Crippen LogP contribution is 2.21. The second-order valence-electron chi connectivity index (χ2n) is 3.82. The number of amides is 1. The molecule has 1 N–H and O–H groups in total. The maximum absolute atomic E-state index is 11.2. The van der Waals surface area contributed by atoms with E-state index in [9.17, 15) is 4.79 Å². The van der Waals surface area contributed by atoms with Crippen molar-refractivity contribution >= 4 is 17.7 Å². The van der Waals surface area contributed by atoms with Crippen molar-refractivity contribution in [2.45, 2.75) is 37.4 Å². The number of rotatable bonds is 3. The van der Waals surface area contributed by atoms with Crippen LogP contribution in [0.4, 0.5) is 0 Å². The molecule has 88 valence electrons. The fraction of sp³-hybridized carbons (Fsp3) is 0.700. The maximum Gasteiger partial charge on any atom is 0.230 e. The molecule has 1 aromatic rings. The summed E-state index contributed by atoms with van der Waals surface area (Å²) in [5.41, 5.74) is 0. The van der Waals surface area contributed by atoms with Crippen LogP contribution >= 0.6 is 11.8 Å². The summed E-state index contributed by atoms with van der Waals surface area (Å²) >= 11 is 1.46. The Bertz CT molecular complexity index is 377. The van der Waals surface area contributed by atoms with E-state index in [0.29, 0.717) is 5.75 Å². The van der Waals surface area contributed by atoms with Crippen LogP contribution in [0.3, 0.4) is 0 Å². The lowest BCUT2D eigenvalue weighted by Gasteiger charge is -2.05. The van der Waals surface area contributed by atoms with Crippen molar-refractivity contribution in [3.05, 3.63) is 5.82 Å². The highest BCUT2D eigenvalue weighted by atomic mass is 32.2. The third-order valence-electron chi connectivity index (χ3n) is 2.69. The molecule has 0 unspecified atom stereocenters. The van der Waals surface area contributed by atoms with E-state index in [1.807, 2.05) is 0 Å². The van der Waals surface area contributed by atoms with Gasteiger partial charge >= 0.3 is 0 Å². The molecule has 0 radical (unpaired) electrons. The first kappa shape index (κ1) is 11.4. The van der Waals surface area contributed by atoms with Crippen LogP contribution in [0.15, 0.2) is 5.16 Å². The Hall–Kier alpha value is -1.04. The first-order valence-corrected chi connectivity index (χ1v) is 6.55. The van der Waals surface area contributed by atoms with Crippen molar-refractivity contribution in [3.63, 3.8) is 0 Å². The maximum atomic E-state index is 11.2. The van der Waals surface area contributed by atoms with Gasteiger partial charge in [0, 0.05) is 20.0 Å². The third-order valence-corrected chi connectivity index (χ3v) is 3.65. The molecule has 0 fully saturated rings. The van der Waals surface area contributed by atoms with E-state index in [4.69, 9.17) is 0 Å². The molecule has 1 aliphatic heterocycles. The van der Waals surface area contributed by atoms with Crippen molar-refractivity contribution in [2.24, 2.45) is 0 Å². The Kier molecular flexibility index (Phi) is 3.82. The van der Waals surface area contributed by atoms with Crippen LogP contribution in [0.2, 0.25) is 0 Å². The Morgan fingerprint density at radius 3 is 3.12 bits per heavy atom. The number of hydrogen-bond acceptors (Lipinski definition) is 4. The number of nitrogens with zero attached hydrogens (tertiary/aromatic N) is 3. The monoisotopic (exact) mass is 240 g/mol. The topological polar surface area (TPSA) is 59.8 Å². The van der Waals surface area contributed by atoms with Crippen LogP contribution in [0, 0.1) is 0 Å². The number of aromatic nitrogens is 3. The van der Waals surface area contributed by atoms with Gasteiger partial charge in [0.2, 0.25) is 5.91 Å². The van der Waals surface area contributed by atoms with Gasteiger partial charge in [0.15, 0.2) is 5.16 Å². The number of carbonyl (C=O) groups is 1. The summed E-state index contributed by atoms with van der Waals surface area (Å²) in [6.07, 6.45) is 4.63. The van der Waals surface area contributed by atoms with Gasteiger partial charge < -0.3 is 9.88 Å². The normalized spacial score (nSPS) is 15.3. The molecule has 6 heteroatoms. The molecule has 1 aromatic heterocycles. The SMILES string of the molecule is CNC(=O)CSc1nnc2n1CCCCC2. The first-order valence-electron chi connectivity index (χ1n) is 5.56. The van der Waals surface area contributed by atoms with Crippen LogP contribution in [-0.4, -0.2) is 33.5 Å². The lowest BCUT2D eigenvalue weighted by atomic mass is 10.2. The van der Waals surface area contributed by atoms with Crippen molar-refractivity contribution in [1.29, 1.82) is 0 Å². The number of hydrogen-bond donors (Lipinski definition) is 1. The number of carbonyl (C=O) groups excluding carboxylic acids is 1. The molecule has 0 saturated carbocycles. The van der Waals surface area contributed by atoms with Crippen molar-refractivity contribution in [3.8, 4) is 0 Å². The predicted molar refractivity (Wildman–Crippen MR) is 62.4 cm³/mol. The van der Waals surface area contributed by atoms with Crippen molar-refractivity contribution in [1.82, 2.24) is 20.1 Å². The summed E-state index contributed by atoms with van der Waals surface area (Å²) in [4.78, 5) is 11.2. The predicted octanol–water partition coefficient (Wildman–Crippen LogP) is 0.843. The van der Waals surface area contributed by atoms with Crippen molar-refractivity contribution < 1.29 is 4.79 Å². The highest BCUT2D eigenvalue weighted by molar-refractivity contribution is 7.99. The second kappa shape index (κ2) is 5.34. The van der Waals surface area contributed by atoms with E-state index in [1.54, 1.807) is 7.05 Å². The Morgan fingerprint density at radius 1 is 1.44 bits per heavy atom. The minimum absolute atomic E-state index is 0.0240. The fourth-order valence-corrected chi connectivity index (χ4v) is 2.62. The van der Waals surface area contributed by atoms with Gasteiger partial charge in [0.25, 0.3) is 0 Å². The third kappa shape index (κ3) is 2.55. The number of nitrogens with one attached hydrogen (secondary N) is 1. The zero-order valence-corrected chi connectivity index (χ0v) is 10.2. The van der Waals surface area contributed by atoms with Crippen LogP contribution < -0.4 is 5.32 Å². The summed E-state index contributed by atoms with van der Waals surface area (Å²) in [6, 6.07) is 0. The van der Waals surface area contributed by atoms with Crippen LogP contribution in [-0.2, 0) is 17.8 Å². The van der Waals surface area contributed by atoms with E-state index in [0.717, 1.165) is 23.9 Å². The molecule has 0 bridgehead atoms. The standard InChI is InChI=1S/C10H16N4OS/c1-11-9(15)7-16-10-13-12-8-5-3-2-4-6-14(8)10/h2-7H2,1H3,(H,11,15). The van der Waals surface area contributed by atoms with Crippen LogP contribution in [0.5, 0.6) is 0 Å². The largest absolute Gasteiger partial charge is 0.358 e. The summed E-state index contributed by atoms with van der Waals surface area (Å²) in [7, 11) is 1.65. The van der Waals surface area contributed by atoms with E-state index < -0.39 is 0 Å². The Labute approximate surface area is 99.0 Å². The average molecular weight is 240 g/mol. The molecule has 0 aliphatic carbocycles. The first-order chi connectivity index (χ1) is 7.81. The minimum atomic E-state index is 0.0240. The van der Waals surface area contributed by atoms with Crippen molar-refractivity contribution in [2.75, 3.05) is 12.8 Å². The number of aryl methyl sites for hydroxylation is 1. The quantitative estimate of drug-likeness (QED) is 0.795. The number of fused-ring (bicyclic) bond motifs is 1. The van der Waals surface area contributed by atoms with Gasteiger partial charge in [-0.2, -0.15) is 0 Å². The Balaban J connectivity index is 2.04. The van der Waals surface area contributed by atoms with Gasteiger partial charge in [-0.05, 0) is 12.8 Å². The lowest BCUT2D eigenvalue weighted by molar-refractivity contribution is -0.118. The van der Waals surface area contributed by atoms with E-state index >= 15 is 0 Å². The van der Waals surface area contributed by atoms with E-state index in [1.165, 1.54) is 31.0 Å². The van der Waals surface area contributed by atoms with Gasteiger partial charge in [0.1, 0.15) is 5.82 Å². The van der Waals surface area contributed by atoms with Crippen LogP contribution in [0.1, 0.15) is 25.1 Å². The number of thioether (sulfide) groups is 1. The van der Waals surface area contributed by atoms with Gasteiger partial charge in [-0.15, -0.1) is 10.2 Å². The molecular weight excluding hydrogens is 224 g/mol. The summed E-state index contributed by atoms with van der Waals surface area (Å²) in [6.45, 7) is 0.985. The highest BCUT2D eigenvalue weighted by Gasteiger charge is 2.15. The molecule has 1 aliphatic rings. The molecular formula is C10H16N4OS. The van der Waals surface area contributed by atoms with Gasteiger partial charge in [-0.25, -0.2) is 0 Å². The zero-order valence-electron chi connectivity index (χ0n) is 9.40. The molecule has 0 spiro atoms. The van der Waals surface area contributed by atoms with Crippen LogP contribution in [0.25, 0.3) is 0 Å². The molecule has 0 aromatic carbocycles. The smallest absolute Gasteiger partial charge is 0.230 e. The molecule has 2 heterocycles. The zero-order chi connectivity index (χ0) is 11.4. The molecule has 2 rings (SSSR count). The minimum Gasteiger partial charge on any atom is -0.358 e. The molecule has 0 saturated heterocycles. The van der Waals surface area contributed by atoms with Gasteiger partial charge in [-0.1, -0.05) is 18.2 Å². The van der Waals surface area contributed by atoms with E-state index in [-0.39, 0.29) is 5.91 Å². The molecule has 1 amide bonds. The van der Waals surface area contributed by atoms with Gasteiger partial charge in [0.05, 0.1) is 5.75 Å². The fourth-order valence-electron chi connectivity index (χ4n) is 1.77. The molecule has 16 heavy (non-hydrogen) atoms. The Morgan fingerprint density at radius 2 is 2.31 bits per heavy atom. The summed E-state index contributed by atoms with van der Waals surface area (Å²) < 4.78 is 2.15. The summed E-state index contributed by atoms with van der Waals surface area (Å²) in [5.74, 6) is 1.50. The van der Waals surface area contributed by atoms with Gasteiger partial charge in [-0.3, -0.25) is 4.79 Å². The van der Waals surface area contributed by atoms with E-state index in [2.05, 4.69) is 20.1 Å². The second-order valence-corrected chi connectivity index (χ2v) is 4.77. The average Bonchev–Trinajstić information content (AvgIpc) is 2.54.